The fourth-order valence-corrected chi connectivity index (χ4v) is 2.36. The molecule has 0 bridgehead atoms. The smallest absolute Gasteiger partial charge is 0.0612 e. The van der Waals surface area contributed by atoms with Crippen LogP contribution in [0.5, 0.6) is 0 Å². The lowest BCUT2D eigenvalue weighted by atomic mass is 10.1. The van der Waals surface area contributed by atoms with Gasteiger partial charge in [0.2, 0.25) is 0 Å². The van der Waals surface area contributed by atoms with Crippen molar-refractivity contribution in [2.45, 2.75) is 70.6 Å². The fourth-order valence-electron chi connectivity index (χ4n) is 1.96. The first kappa shape index (κ1) is 17.2. The van der Waals surface area contributed by atoms with Gasteiger partial charge >= 0.3 is 0 Å². The molecule has 0 aliphatic heterocycles. The first-order chi connectivity index (χ1) is 8.41. The van der Waals surface area contributed by atoms with E-state index in [9.17, 15) is 0 Å². The number of aliphatic hydroxyl groups is 1. The first-order valence-electron chi connectivity index (χ1n) is 7.23. The number of aliphatic hydroxyl groups excluding tert-OH is 1. The summed E-state index contributed by atoms with van der Waals surface area (Å²) in [6.45, 7) is 0.190. The Morgan fingerprint density at radius 3 is 1.59 bits per heavy atom. The summed E-state index contributed by atoms with van der Waals surface area (Å²) in [5.41, 5.74) is 0. The standard InChI is InChI=1S/C15H29BrO/c16-14-12-10-8-6-4-2-1-3-5-7-9-11-13-15-17/h11,13,17H,1-10,12,14-15H2/b13-11-. The summed E-state index contributed by atoms with van der Waals surface area (Å²) in [5, 5.41) is 9.72. The van der Waals surface area contributed by atoms with E-state index < -0.39 is 0 Å². The molecule has 0 radical (unpaired) electrons. The number of unbranched alkanes of at least 4 members (excludes halogenated alkanes) is 10. The molecule has 0 saturated carbocycles. The van der Waals surface area contributed by atoms with E-state index in [4.69, 9.17) is 5.11 Å². The monoisotopic (exact) mass is 304 g/mol. The molecule has 1 nitrogen and oxygen atoms in total. The fraction of sp³-hybridized carbons (Fsp3) is 0.867. The maximum Gasteiger partial charge on any atom is 0.0612 e. The van der Waals surface area contributed by atoms with Gasteiger partial charge < -0.3 is 5.11 Å². The second-order valence-electron chi connectivity index (χ2n) is 4.67. The van der Waals surface area contributed by atoms with Crippen LogP contribution in [0.25, 0.3) is 0 Å². The van der Waals surface area contributed by atoms with Crippen molar-refractivity contribution < 1.29 is 5.11 Å². The molecule has 0 atom stereocenters. The Hall–Kier alpha value is 0.180. The molecular formula is C15H29BrO. The van der Waals surface area contributed by atoms with E-state index in [-0.39, 0.29) is 6.61 Å². The van der Waals surface area contributed by atoms with E-state index in [0.29, 0.717) is 0 Å². The third-order valence-corrected chi connectivity index (χ3v) is 3.59. The molecule has 0 fully saturated rings. The van der Waals surface area contributed by atoms with Crippen LogP contribution in [0.15, 0.2) is 12.2 Å². The normalized spacial score (nSPS) is 11.4. The van der Waals surface area contributed by atoms with Gasteiger partial charge in [0.05, 0.1) is 6.61 Å². The average molecular weight is 305 g/mol. The van der Waals surface area contributed by atoms with Crippen molar-refractivity contribution in [2.75, 3.05) is 11.9 Å². The molecule has 17 heavy (non-hydrogen) atoms. The third-order valence-electron chi connectivity index (χ3n) is 3.03. The van der Waals surface area contributed by atoms with Crippen molar-refractivity contribution in [3.8, 4) is 0 Å². The lowest BCUT2D eigenvalue weighted by Gasteiger charge is -2.01. The molecule has 0 aromatic rings. The minimum atomic E-state index is 0.190. The summed E-state index contributed by atoms with van der Waals surface area (Å²) in [6.07, 6.45) is 18.9. The Kier molecular flexibility index (Phi) is 16.4. The summed E-state index contributed by atoms with van der Waals surface area (Å²) in [6, 6.07) is 0. The molecule has 1 N–H and O–H groups in total. The Bertz CT molecular complexity index is 157. The molecule has 0 saturated heterocycles. The SMILES string of the molecule is OC/C=C\CCCCCCCCCCCCBr. The predicted octanol–water partition coefficient (Wildman–Crippen LogP) is 5.22. The highest BCUT2D eigenvalue weighted by Gasteiger charge is 1.92. The zero-order chi connectivity index (χ0) is 12.6. The van der Waals surface area contributed by atoms with Crippen LogP contribution in [-0.2, 0) is 0 Å². The maximum absolute atomic E-state index is 8.55. The summed E-state index contributed by atoms with van der Waals surface area (Å²) < 4.78 is 0. The number of allylic oxidation sites excluding steroid dienone is 1. The average Bonchev–Trinajstić information content (AvgIpc) is 2.35. The summed E-state index contributed by atoms with van der Waals surface area (Å²) in [5.74, 6) is 0. The Labute approximate surface area is 116 Å². The van der Waals surface area contributed by atoms with Gasteiger partial charge in [-0.25, -0.2) is 0 Å². The van der Waals surface area contributed by atoms with Gasteiger partial charge in [0.25, 0.3) is 0 Å². The van der Waals surface area contributed by atoms with Crippen LogP contribution in [0.3, 0.4) is 0 Å². The summed E-state index contributed by atoms with van der Waals surface area (Å²) in [7, 11) is 0. The molecule has 0 amide bonds. The maximum atomic E-state index is 8.55. The highest BCUT2D eigenvalue weighted by molar-refractivity contribution is 9.09. The number of rotatable bonds is 13. The second-order valence-corrected chi connectivity index (χ2v) is 5.46. The topological polar surface area (TPSA) is 20.2 Å². The summed E-state index contributed by atoms with van der Waals surface area (Å²) in [4.78, 5) is 0. The predicted molar refractivity (Wildman–Crippen MR) is 80.8 cm³/mol. The van der Waals surface area contributed by atoms with Gasteiger partial charge in [-0.2, -0.15) is 0 Å². The van der Waals surface area contributed by atoms with E-state index in [2.05, 4.69) is 22.0 Å². The van der Waals surface area contributed by atoms with Crippen LogP contribution >= 0.6 is 15.9 Å². The molecule has 102 valence electrons. The molecule has 0 aromatic carbocycles. The molecule has 0 aromatic heterocycles. The number of hydrogen-bond donors (Lipinski definition) is 1. The molecule has 0 aliphatic carbocycles. The second kappa shape index (κ2) is 16.2. The molecule has 0 rings (SSSR count). The molecule has 0 heterocycles. The molecule has 2 heteroatoms. The van der Waals surface area contributed by atoms with Gasteiger partial charge in [-0.15, -0.1) is 0 Å². The third kappa shape index (κ3) is 16.2. The zero-order valence-electron chi connectivity index (χ0n) is 11.2. The number of halogens is 1. The van der Waals surface area contributed by atoms with Crippen LogP contribution in [0.2, 0.25) is 0 Å². The molecule has 0 aliphatic rings. The van der Waals surface area contributed by atoms with Crippen LogP contribution in [-0.4, -0.2) is 17.0 Å². The van der Waals surface area contributed by atoms with E-state index >= 15 is 0 Å². The minimum absolute atomic E-state index is 0.190. The van der Waals surface area contributed by atoms with Gasteiger partial charge in [-0.1, -0.05) is 79.4 Å². The van der Waals surface area contributed by atoms with Crippen LogP contribution in [0.4, 0.5) is 0 Å². The van der Waals surface area contributed by atoms with Crippen molar-refractivity contribution >= 4 is 15.9 Å². The van der Waals surface area contributed by atoms with Gasteiger partial charge in [-0.3, -0.25) is 0 Å². The van der Waals surface area contributed by atoms with Gasteiger partial charge in [-0.05, 0) is 19.3 Å². The van der Waals surface area contributed by atoms with Crippen molar-refractivity contribution in [1.29, 1.82) is 0 Å². The van der Waals surface area contributed by atoms with E-state index in [1.54, 1.807) is 0 Å². The van der Waals surface area contributed by atoms with Crippen molar-refractivity contribution in [3.63, 3.8) is 0 Å². The van der Waals surface area contributed by atoms with E-state index in [0.717, 1.165) is 11.8 Å². The van der Waals surface area contributed by atoms with Gasteiger partial charge in [0, 0.05) is 5.33 Å². The van der Waals surface area contributed by atoms with E-state index in [1.807, 2.05) is 6.08 Å². The van der Waals surface area contributed by atoms with Crippen LogP contribution < -0.4 is 0 Å². The Morgan fingerprint density at radius 2 is 1.12 bits per heavy atom. The van der Waals surface area contributed by atoms with Crippen molar-refractivity contribution in [3.05, 3.63) is 12.2 Å². The molecule has 0 unspecified atom stereocenters. The zero-order valence-corrected chi connectivity index (χ0v) is 12.8. The number of hydrogen-bond acceptors (Lipinski definition) is 1. The van der Waals surface area contributed by atoms with E-state index in [1.165, 1.54) is 64.2 Å². The first-order valence-corrected chi connectivity index (χ1v) is 8.35. The van der Waals surface area contributed by atoms with Crippen LogP contribution in [0, 0.1) is 0 Å². The largest absolute Gasteiger partial charge is 0.392 e. The van der Waals surface area contributed by atoms with Crippen molar-refractivity contribution in [1.82, 2.24) is 0 Å². The summed E-state index contributed by atoms with van der Waals surface area (Å²) >= 11 is 3.46. The molecule has 0 spiro atoms. The lowest BCUT2D eigenvalue weighted by molar-refractivity contribution is 0.342. The lowest BCUT2D eigenvalue weighted by Crippen LogP contribution is -1.82. The molecular weight excluding hydrogens is 276 g/mol. The van der Waals surface area contributed by atoms with Gasteiger partial charge in [0.15, 0.2) is 0 Å². The highest BCUT2D eigenvalue weighted by atomic mass is 79.9. The van der Waals surface area contributed by atoms with Crippen LogP contribution in [0.1, 0.15) is 70.6 Å². The Balaban J connectivity index is 2.91. The number of alkyl halides is 1. The van der Waals surface area contributed by atoms with Crippen molar-refractivity contribution in [2.24, 2.45) is 0 Å². The quantitative estimate of drug-likeness (QED) is 0.281. The minimum Gasteiger partial charge on any atom is -0.392 e. The van der Waals surface area contributed by atoms with Gasteiger partial charge in [0.1, 0.15) is 0 Å². The Morgan fingerprint density at radius 1 is 0.647 bits per heavy atom. The highest BCUT2D eigenvalue weighted by Crippen LogP contribution is 2.11.